The zero-order valence-electron chi connectivity index (χ0n) is 10.9. The van der Waals surface area contributed by atoms with Crippen molar-refractivity contribution in [2.45, 2.75) is 0 Å². The molecule has 3 rings (SSSR count). The summed E-state index contributed by atoms with van der Waals surface area (Å²) in [4.78, 5) is 4.55. The van der Waals surface area contributed by atoms with Crippen LogP contribution < -0.4 is 15.8 Å². The van der Waals surface area contributed by atoms with Crippen LogP contribution in [-0.2, 0) is 0 Å². The van der Waals surface area contributed by atoms with Crippen LogP contribution in [0, 0.1) is 0 Å². The third-order valence-electron chi connectivity index (χ3n) is 2.77. The Morgan fingerprint density at radius 1 is 1.15 bits per heavy atom. The van der Waals surface area contributed by atoms with Gasteiger partial charge >= 0.3 is 0 Å². The number of anilines is 2. The van der Waals surface area contributed by atoms with Gasteiger partial charge < -0.3 is 15.8 Å². The van der Waals surface area contributed by atoms with Crippen LogP contribution >= 0.6 is 11.3 Å². The average Bonchev–Trinajstić information content (AvgIpc) is 2.87. The number of nitrogens with two attached hydrogens (primary N) is 1. The third kappa shape index (κ3) is 2.89. The van der Waals surface area contributed by atoms with Crippen LogP contribution in [0.25, 0.3) is 10.2 Å². The number of hydrogen-bond acceptors (Lipinski definition) is 5. The minimum absolute atomic E-state index is 0.509. The lowest BCUT2D eigenvalue weighted by molar-refractivity contribution is 0.328. The van der Waals surface area contributed by atoms with E-state index in [4.69, 9.17) is 10.5 Å². The van der Waals surface area contributed by atoms with Crippen LogP contribution in [0.3, 0.4) is 0 Å². The highest BCUT2D eigenvalue weighted by molar-refractivity contribution is 7.22. The Bertz CT molecular complexity index is 678. The molecule has 0 bridgehead atoms. The molecule has 0 amide bonds. The van der Waals surface area contributed by atoms with Crippen molar-refractivity contribution in [2.75, 3.05) is 18.5 Å². The van der Waals surface area contributed by atoms with Gasteiger partial charge in [-0.15, -0.1) is 0 Å². The van der Waals surface area contributed by atoms with Gasteiger partial charge in [-0.1, -0.05) is 29.5 Å². The van der Waals surface area contributed by atoms with E-state index in [1.807, 2.05) is 42.5 Å². The number of para-hydroxylation sites is 1. The molecule has 0 fully saturated rings. The summed E-state index contributed by atoms with van der Waals surface area (Å²) in [6.45, 7) is 1.03. The molecule has 20 heavy (non-hydrogen) atoms. The van der Waals surface area contributed by atoms with Gasteiger partial charge in [-0.25, -0.2) is 4.98 Å². The highest BCUT2D eigenvalue weighted by atomic mass is 32.1. The molecule has 102 valence electrons. The lowest BCUT2D eigenvalue weighted by atomic mass is 10.3. The minimum atomic E-state index is 0.509. The topological polar surface area (TPSA) is 60.2 Å². The quantitative estimate of drug-likeness (QED) is 0.754. The maximum Gasteiger partial charge on any atom is 0.188 e. The summed E-state index contributed by atoms with van der Waals surface area (Å²) < 4.78 is 6.68. The van der Waals surface area contributed by atoms with Crippen molar-refractivity contribution in [3.05, 3.63) is 48.5 Å². The lowest BCUT2D eigenvalue weighted by Gasteiger charge is -2.07. The van der Waals surface area contributed by atoms with E-state index in [0.29, 0.717) is 13.2 Å². The smallest absolute Gasteiger partial charge is 0.188 e. The molecule has 0 atom stereocenters. The molecule has 2 aromatic carbocycles. The summed E-state index contributed by atoms with van der Waals surface area (Å²) >= 11 is 1.63. The van der Waals surface area contributed by atoms with E-state index >= 15 is 0 Å². The molecule has 0 unspecified atom stereocenters. The Hall–Kier alpha value is -2.11. The van der Waals surface area contributed by atoms with Gasteiger partial charge in [0, 0.05) is 18.3 Å². The van der Waals surface area contributed by atoms with Gasteiger partial charge in [-0.3, -0.25) is 0 Å². The van der Waals surface area contributed by atoms with Crippen LogP contribution in [0.4, 0.5) is 10.8 Å². The molecule has 1 aromatic heterocycles. The highest BCUT2D eigenvalue weighted by Crippen LogP contribution is 2.29. The molecule has 0 saturated heterocycles. The number of benzene rings is 2. The fourth-order valence-electron chi connectivity index (χ4n) is 1.89. The summed E-state index contributed by atoms with van der Waals surface area (Å²) in [7, 11) is 0. The van der Waals surface area contributed by atoms with Crippen LogP contribution in [0.2, 0.25) is 0 Å². The SMILES string of the molecule is NCCOc1cccc(Nc2nc3ccccc3s2)c1. The van der Waals surface area contributed by atoms with E-state index in [1.54, 1.807) is 11.3 Å². The maximum absolute atomic E-state index is 5.51. The first-order chi connectivity index (χ1) is 9.85. The summed E-state index contributed by atoms with van der Waals surface area (Å²) in [6, 6.07) is 15.9. The minimum Gasteiger partial charge on any atom is -0.492 e. The van der Waals surface area contributed by atoms with Gasteiger partial charge in [-0.05, 0) is 24.3 Å². The Morgan fingerprint density at radius 2 is 2.05 bits per heavy atom. The molecule has 4 nitrogen and oxygen atoms in total. The Balaban J connectivity index is 1.79. The van der Waals surface area contributed by atoms with E-state index < -0.39 is 0 Å². The zero-order valence-corrected chi connectivity index (χ0v) is 11.7. The van der Waals surface area contributed by atoms with E-state index in [1.165, 1.54) is 4.70 Å². The lowest BCUT2D eigenvalue weighted by Crippen LogP contribution is -2.10. The molecule has 5 heteroatoms. The first kappa shape index (κ1) is 12.9. The Kier molecular flexibility index (Phi) is 3.80. The Morgan fingerprint density at radius 3 is 2.90 bits per heavy atom. The first-order valence-electron chi connectivity index (χ1n) is 6.41. The standard InChI is InChI=1S/C15H15N3OS/c16-8-9-19-12-5-3-4-11(10-12)17-15-18-13-6-1-2-7-14(13)20-15/h1-7,10H,8-9,16H2,(H,17,18). The van der Waals surface area contributed by atoms with Crippen molar-refractivity contribution in [1.82, 2.24) is 4.98 Å². The Labute approximate surface area is 121 Å². The largest absolute Gasteiger partial charge is 0.492 e. The fourth-order valence-corrected chi connectivity index (χ4v) is 2.78. The molecular formula is C15H15N3OS. The molecule has 1 heterocycles. The number of rotatable bonds is 5. The zero-order chi connectivity index (χ0) is 13.8. The average molecular weight is 285 g/mol. The fraction of sp³-hybridized carbons (Fsp3) is 0.133. The first-order valence-corrected chi connectivity index (χ1v) is 7.22. The second kappa shape index (κ2) is 5.90. The number of nitrogens with zero attached hydrogens (tertiary/aromatic N) is 1. The predicted molar refractivity (Wildman–Crippen MR) is 83.9 cm³/mol. The van der Waals surface area contributed by atoms with Crippen molar-refractivity contribution in [1.29, 1.82) is 0 Å². The molecule has 0 aliphatic heterocycles. The summed E-state index contributed by atoms with van der Waals surface area (Å²) in [5.41, 5.74) is 7.40. The number of thiazole rings is 1. The van der Waals surface area contributed by atoms with E-state index in [2.05, 4.69) is 16.4 Å². The molecule has 0 radical (unpaired) electrons. The number of hydrogen-bond donors (Lipinski definition) is 2. The second-order valence-corrected chi connectivity index (χ2v) is 5.31. The van der Waals surface area contributed by atoms with E-state index in [-0.39, 0.29) is 0 Å². The van der Waals surface area contributed by atoms with Crippen molar-refractivity contribution in [3.8, 4) is 5.75 Å². The van der Waals surface area contributed by atoms with Gasteiger partial charge in [0.2, 0.25) is 0 Å². The molecule has 0 aliphatic carbocycles. The number of fused-ring (bicyclic) bond motifs is 1. The molecule has 0 saturated carbocycles. The molecule has 3 N–H and O–H groups in total. The second-order valence-electron chi connectivity index (χ2n) is 4.28. The number of aromatic nitrogens is 1. The highest BCUT2D eigenvalue weighted by Gasteiger charge is 2.04. The van der Waals surface area contributed by atoms with Crippen molar-refractivity contribution in [2.24, 2.45) is 5.73 Å². The molecule has 0 aliphatic rings. The van der Waals surface area contributed by atoms with Crippen LogP contribution in [0.15, 0.2) is 48.5 Å². The van der Waals surface area contributed by atoms with Gasteiger partial charge in [-0.2, -0.15) is 0 Å². The number of ether oxygens (including phenoxy) is 1. The van der Waals surface area contributed by atoms with E-state index in [9.17, 15) is 0 Å². The van der Waals surface area contributed by atoms with Gasteiger partial charge in [0.25, 0.3) is 0 Å². The van der Waals surface area contributed by atoms with Gasteiger partial charge in [0.1, 0.15) is 12.4 Å². The van der Waals surface area contributed by atoms with Crippen LogP contribution in [0.1, 0.15) is 0 Å². The van der Waals surface area contributed by atoms with Crippen molar-refractivity contribution in [3.63, 3.8) is 0 Å². The van der Waals surface area contributed by atoms with Crippen molar-refractivity contribution < 1.29 is 4.74 Å². The predicted octanol–water partition coefficient (Wildman–Crippen LogP) is 3.38. The summed E-state index contributed by atoms with van der Waals surface area (Å²) in [5, 5.41) is 4.18. The van der Waals surface area contributed by atoms with Gasteiger partial charge in [0.15, 0.2) is 5.13 Å². The number of nitrogens with one attached hydrogen (secondary N) is 1. The molecule has 0 spiro atoms. The van der Waals surface area contributed by atoms with Crippen LogP contribution in [-0.4, -0.2) is 18.1 Å². The molecule has 3 aromatic rings. The summed E-state index contributed by atoms with van der Waals surface area (Å²) in [5.74, 6) is 0.807. The van der Waals surface area contributed by atoms with Crippen molar-refractivity contribution >= 4 is 32.4 Å². The maximum atomic E-state index is 5.51. The molecular weight excluding hydrogens is 270 g/mol. The third-order valence-corrected chi connectivity index (χ3v) is 3.72. The summed E-state index contributed by atoms with van der Waals surface area (Å²) in [6.07, 6.45) is 0. The van der Waals surface area contributed by atoms with E-state index in [0.717, 1.165) is 22.1 Å². The van der Waals surface area contributed by atoms with Gasteiger partial charge in [0.05, 0.1) is 10.2 Å². The normalized spacial score (nSPS) is 10.7. The van der Waals surface area contributed by atoms with Crippen LogP contribution in [0.5, 0.6) is 5.75 Å². The monoisotopic (exact) mass is 285 g/mol.